The van der Waals surface area contributed by atoms with Crippen LogP contribution in [0.3, 0.4) is 0 Å². The first kappa shape index (κ1) is 28.5. The number of methoxy groups -OCH3 is 2. The molecule has 1 aromatic heterocycles. The molecule has 2 aromatic carbocycles. The van der Waals surface area contributed by atoms with E-state index < -0.39 is 5.82 Å². The minimum absolute atomic E-state index is 0.0375. The molecular formula is C26H31ClFN7O3. The van der Waals surface area contributed by atoms with E-state index in [0.717, 1.165) is 18.8 Å². The molecule has 12 heteroatoms. The monoisotopic (exact) mass is 543 g/mol. The van der Waals surface area contributed by atoms with E-state index in [0.29, 0.717) is 34.4 Å². The second-order valence-electron chi connectivity index (χ2n) is 8.50. The highest BCUT2D eigenvalue weighted by Crippen LogP contribution is 2.38. The predicted octanol–water partition coefficient (Wildman–Crippen LogP) is 4.90. The van der Waals surface area contributed by atoms with Gasteiger partial charge >= 0.3 is 0 Å². The van der Waals surface area contributed by atoms with Gasteiger partial charge in [-0.1, -0.05) is 18.2 Å². The van der Waals surface area contributed by atoms with Crippen molar-refractivity contribution in [3.8, 4) is 11.5 Å². The van der Waals surface area contributed by atoms with Gasteiger partial charge in [0.05, 0.1) is 36.3 Å². The Bertz CT molecular complexity index is 1280. The number of likely N-dealkylation sites (N-methyl/N-ethyl adjacent to an activating group) is 2. The van der Waals surface area contributed by atoms with Crippen LogP contribution in [0.15, 0.2) is 49.3 Å². The number of carbonyl (C=O) groups excluding carboxylic acids is 1. The lowest BCUT2D eigenvalue weighted by Crippen LogP contribution is -2.29. The lowest BCUT2D eigenvalue weighted by molar-refractivity contribution is -0.111. The average Bonchev–Trinajstić information content (AvgIpc) is 2.87. The molecule has 0 aliphatic heterocycles. The molecule has 3 rings (SSSR count). The Balaban J connectivity index is 1.91. The van der Waals surface area contributed by atoms with Gasteiger partial charge in [-0.15, -0.1) is 0 Å². The molecule has 0 aliphatic carbocycles. The van der Waals surface area contributed by atoms with Gasteiger partial charge in [0.2, 0.25) is 5.91 Å². The van der Waals surface area contributed by atoms with Crippen LogP contribution < -0.4 is 30.3 Å². The molecule has 0 spiro atoms. The smallest absolute Gasteiger partial charge is 0.247 e. The summed E-state index contributed by atoms with van der Waals surface area (Å²) >= 11 is 6.10. The van der Waals surface area contributed by atoms with E-state index in [4.69, 9.17) is 21.1 Å². The Morgan fingerprint density at radius 1 is 1.03 bits per heavy atom. The van der Waals surface area contributed by atoms with Crippen molar-refractivity contribution < 1.29 is 18.7 Å². The molecule has 10 nitrogen and oxygen atoms in total. The molecule has 0 saturated heterocycles. The third kappa shape index (κ3) is 7.24. The minimum atomic E-state index is -0.607. The minimum Gasteiger partial charge on any atom is -0.494 e. The zero-order valence-electron chi connectivity index (χ0n) is 21.9. The molecular weight excluding hydrogens is 513 g/mol. The van der Waals surface area contributed by atoms with Crippen molar-refractivity contribution in [2.24, 2.45) is 0 Å². The molecule has 1 heterocycles. The van der Waals surface area contributed by atoms with E-state index >= 15 is 0 Å². The van der Waals surface area contributed by atoms with Gasteiger partial charge in [-0.2, -0.15) is 0 Å². The first-order valence-electron chi connectivity index (χ1n) is 11.6. The number of anilines is 6. The van der Waals surface area contributed by atoms with Gasteiger partial charge in [-0.3, -0.25) is 4.79 Å². The number of ether oxygens (including phenoxy) is 2. The topological polar surface area (TPSA) is 104 Å². The average molecular weight is 544 g/mol. The first-order chi connectivity index (χ1) is 18.1. The van der Waals surface area contributed by atoms with E-state index in [1.165, 1.54) is 31.6 Å². The summed E-state index contributed by atoms with van der Waals surface area (Å²) in [5, 5.41) is 9.18. The Labute approximate surface area is 226 Å². The van der Waals surface area contributed by atoms with Crippen LogP contribution >= 0.6 is 11.6 Å². The maximum atomic E-state index is 14.2. The summed E-state index contributed by atoms with van der Waals surface area (Å²) < 4.78 is 24.8. The van der Waals surface area contributed by atoms with Crippen molar-refractivity contribution in [3.05, 3.63) is 60.2 Å². The Hall–Kier alpha value is -4.09. The number of aromatic nitrogens is 2. The van der Waals surface area contributed by atoms with Gasteiger partial charge in [-0.25, -0.2) is 14.4 Å². The van der Waals surface area contributed by atoms with Gasteiger partial charge in [0.15, 0.2) is 11.6 Å². The number of carbonyl (C=O) groups is 1. The Morgan fingerprint density at radius 2 is 1.74 bits per heavy atom. The highest BCUT2D eigenvalue weighted by atomic mass is 35.5. The van der Waals surface area contributed by atoms with Crippen LogP contribution in [0.25, 0.3) is 0 Å². The molecule has 202 valence electrons. The molecule has 3 aromatic rings. The first-order valence-corrected chi connectivity index (χ1v) is 11.9. The van der Waals surface area contributed by atoms with Gasteiger partial charge in [0.1, 0.15) is 23.7 Å². The largest absolute Gasteiger partial charge is 0.494 e. The number of nitrogens with one attached hydrogen (secondary N) is 3. The molecule has 3 N–H and O–H groups in total. The van der Waals surface area contributed by atoms with Crippen LogP contribution in [0.2, 0.25) is 5.02 Å². The van der Waals surface area contributed by atoms with E-state index in [1.54, 1.807) is 19.2 Å². The molecule has 0 bridgehead atoms. The van der Waals surface area contributed by atoms with Gasteiger partial charge in [-0.05, 0) is 32.3 Å². The standard InChI is InChI=1S/C26H31ClFN7O3/c1-7-25(36)33-19-12-20(22(37-5)13-21(19)35(4)9-8-34(2)3)32-24-14-23(29-15-30-24)31-16-10-17(27)26(38-6)18(28)11-16/h7,10-15H,1,8-9H2,2-6H3,(H,33,36)(H2,29,30,31,32). The van der Waals surface area contributed by atoms with Crippen LogP contribution in [-0.2, 0) is 4.79 Å². The van der Waals surface area contributed by atoms with E-state index in [9.17, 15) is 9.18 Å². The zero-order chi connectivity index (χ0) is 27.8. The number of rotatable bonds is 12. The lowest BCUT2D eigenvalue weighted by atomic mass is 10.2. The number of amides is 1. The van der Waals surface area contributed by atoms with Gasteiger partial charge in [0, 0.05) is 44.0 Å². The molecule has 0 radical (unpaired) electrons. The molecule has 38 heavy (non-hydrogen) atoms. The second kappa shape index (κ2) is 12.9. The van der Waals surface area contributed by atoms with Gasteiger partial charge < -0.3 is 35.2 Å². The van der Waals surface area contributed by atoms with E-state index in [-0.39, 0.29) is 16.7 Å². The van der Waals surface area contributed by atoms with Gasteiger partial charge in [0.25, 0.3) is 0 Å². The second-order valence-corrected chi connectivity index (χ2v) is 8.91. The summed E-state index contributed by atoms with van der Waals surface area (Å²) in [4.78, 5) is 24.7. The molecule has 0 atom stereocenters. The summed E-state index contributed by atoms with van der Waals surface area (Å²) in [6.07, 6.45) is 2.56. The number of halogens is 2. The van der Waals surface area contributed by atoms with Crippen molar-refractivity contribution in [2.45, 2.75) is 0 Å². The Morgan fingerprint density at radius 3 is 2.34 bits per heavy atom. The molecule has 0 saturated carbocycles. The third-order valence-corrected chi connectivity index (χ3v) is 5.74. The third-order valence-electron chi connectivity index (χ3n) is 5.46. The highest BCUT2D eigenvalue weighted by Gasteiger charge is 2.17. The number of hydrogen-bond donors (Lipinski definition) is 3. The van der Waals surface area contributed by atoms with Crippen LogP contribution in [0.1, 0.15) is 0 Å². The van der Waals surface area contributed by atoms with Crippen LogP contribution in [-0.4, -0.2) is 69.2 Å². The number of nitrogens with zero attached hydrogens (tertiary/aromatic N) is 4. The zero-order valence-corrected chi connectivity index (χ0v) is 22.7. The molecule has 0 unspecified atom stereocenters. The quantitative estimate of drug-likeness (QED) is 0.275. The summed E-state index contributed by atoms with van der Waals surface area (Å²) in [6.45, 7) is 5.08. The van der Waals surface area contributed by atoms with Crippen LogP contribution in [0.5, 0.6) is 11.5 Å². The van der Waals surface area contributed by atoms with Crippen LogP contribution in [0.4, 0.5) is 38.8 Å². The fourth-order valence-corrected chi connectivity index (χ4v) is 3.80. The van der Waals surface area contributed by atoms with Crippen molar-refractivity contribution in [1.29, 1.82) is 0 Å². The lowest BCUT2D eigenvalue weighted by Gasteiger charge is -2.26. The van der Waals surface area contributed by atoms with Crippen molar-refractivity contribution in [3.63, 3.8) is 0 Å². The van der Waals surface area contributed by atoms with E-state index in [2.05, 4.69) is 37.4 Å². The van der Waals surface area contributed by atoms with Crippen molar-refractivity contribution in [1.82, 2.24) is 14.9 Å². The SMILES string of the molecule is C=CC(=O)Nc1cc(Nc2cc(Nc3cc(F)c(OC)c(Cl)c3)ncn2)c(OC)cc1N(C)CCN(C)C. The molecule has 1 amide bonds. The summed E-state index contributed by atoms with van der Waals surface area (Å²) in [6, 6.07) is 8.01. The fraction of sp³-hybridized carbons (Fsp3) is 0.269. The normalized spacial score (nSPS) is 10.6. The van der Waals surface area contributed by atoms with Crippen molar-refractivity contribution in [2.75, 3.05) is 69.3 Å². The fourth-order valence-electron chi connectivity index (χ4n) is 3.51. The molecule has 0 aliphatic rings. The van der Waals surface area contributed by atoms with E-state index in [1.807, 2.05) is 32.1 Å². The van der Waals surface area contributed by atoms with Crippen LogP contribution in [0, 0.1) is 5.82 Å². The predicted molar refractivity (Wildman–Crippen MR) is 150 cm³/mol. The Kier molecular flexibility index (Phi) is 9.69. The maximum absolute atomic E-state index is 14.2. The maximum Gasteiger partial charge on any atom is 0.247 e. The highest BCUT2D eigenvalue weighted by molar-refractivity contribution is 6.32. The molecule has 0 fully saturated rings. The summed E-state index contributed by atoms with van der Waals surface area (Å²) in [5.41, 5.74) is 2.28. The number of benzene rings is 2. The number of hydrogen-bond acceptors (Lipinski definition) is 9. The summed E-state index contributed by atoms with van der Waals surface area (Å²) in [7, 11) is 8.82. The summed E-state index contributed by atoms with van der Waals surface area (Å²) in [5.74, 6) is 0.361. The van der Waals surface area contributed by atoms with Crippen molar-refractivity contribution >= 4 is 51.9 Å².